The Balaban J connectivity index is 2.21. The molecule has 2 aromatic heterocycles. The number of hydrogen-bond donors (Lipinski definition) is 1. The molecular formula is C19H23N5O3S. The molecule has 1 aromatic carbocycles. The lowest BCUT2D eigenvalue weighted by molar-refractivity contribution is 0.0977. The Kier molecular flexibility index (Phi) is 5.12. The number of nitrogens with zero attached hydrogens (tertiary/aromatic N) is 4. The molecule has 0 atom stereocenters. The number of aromatic nitrogens is 3. The lowest BCUT2D eigenvalue weighted by Gasteiger charge is -2.14. The number of benzene rings is 1. The van der Waals surface area contributed by atoms with Gasteiger partial charge in [0.05, 0.1) is 12.5 Å². The van der Waals surface area contributed by atoms with Crippen LogP contribution in [-0.2, 0) is 10.0 Å². The van der Waals surface area contributed by atoms with E-state index in [-0.39, 0.29) is 11.7 Å². The van der Waals surface area contributed by atoms with Crippen molar-refractivity contribution in [1.29, 1.82) is 0 Å². The zero-order chi connectivity index (χ0) is 20.6. The number of carbonyl (C=O) groups is 1. The second-order valence-corrected chi connectivity index (χ2v) is 8.87. The normalized spacial score (nSPS) is 11.8. The van der Waals surface area contributed by atoms with Crippen LogP contribution in [-0.4, -0.2) is 49.4 Å². The van der Waals surface area contributed by atoms with Gasteiger partial charge in [-0.1, -0.05) is 12.1 Å². The second kappa shape index (κ2) is 7.23. The molecule has 0 aliphatic heterocycles. The lowest BCUT2D eigenvalue weighted by atomic mass is 10.0. The Labute approximate surface area is 164 Å². The minimum atomic E-state index is -3.70. The number of nitrogens with one attached hydrogen (secondary N) is 1. The van der Waals surface area contributed by atoms with Gasteiger partial charge in [0, 0.05) is 31.2 Å². The van der Waals surface area contributed by atoms with Crippen LogP contribution in [0.1, 0.15) is 30.4 Å². The van der Waals surface area contributed by atoms with E-state index in [0.29, 0.717) is 5.65 Å². The van der Waals surface area contributed by atoms with E-state index in [9.17, 15) is 13.2 Å². The maximum absolute atomic E-state index is 12.4. The molecule has 0 bridgehead atoms. The standard InChI is InChI=1S/C19H23N5O3S/c1-12(2)24-18-16(11-20-24)15(13-6-8-14(9-7-13)23(3)4)10-17(21-18)19(25)22-28(5,26)27/h6-12H,1-5H3,(H,22,25). The van der Waals surface area contributed by atoms with E-state index in [1.54, 1.807) is 16.9 Å². The third-order valence-electron chi connectivity index (χ3n) is 4.26. The van der Waals surface area contributed by atoms with Crippen LogP contribution in [0.3, 0.4) is 0 Å². The maximum Gasteiger partial charge on any atom is 0.283 e. The summed E-state index contributed by atoms with van der Waals surface area (Å²) in [6, 6.07) is 9.49. The van der Waals surface area contributed by atoms with Crippen LogP contribution in [0.4, 0.5) is 5.69 Å². The lowest BCUT2D eigenvalue weighted by Crippen LogP contribution is -2.30. The van der Waals surface area contributed by atoms with E-state index < -0.39 is 15.9 Å². The summed E-state index contributed by atoms with van der Waals surface area (Å²) in [5.74, 6) is -0.771. The van der Waals surface area contributed by atoms with Gasteiger partial charge in [-0.25, -0.2) is 22.8 Å². The summed E-state index contributed by atoms with van der Waals surface area (Å²) in [6.07, 6.45) is 2.65. The fraction of sp³-hybridized carbons (Fsp3) is 0.316. The van der Waals surface area contributed by atoms with E-state index in [4.69, 9.17) is 0 Å². The molecule has 3 aromatic rings. The van der Waals surface area contributed by atoms with Crippen LogP contribution in [0.5, 0.6) is 0 Å². The highest BCUT2D eigenvalue weighted by atomic mass is 32.2. The summed E-state index contributed by atoms with van der Waals surface area (Å²) in [6.45, 7) is 3.92. The van der Waals surface area contributed by atoms with Crippen molar-refractivity contribution in [3.63, 3.8) is 0 Å². The number of hydrogen-bond acceptors (Lipinski definition) is 6. The topological polar surface area (TPSA) is 97.2 Å². The van der Waals surface area contributed by atoms with E-state index >= 15 is 0 Å². The second-order valence-electron chi connectivity index (χ2n) is 7.12. The Morgan fingerprint density at radius 2 is 1.82 bits per heavy atom. The van der Waals surface area contributed by atoms with Crippen LogP contribution in [0, 0.1) is 0 Å². The molecule has 148 valence electrons. The summed E-state index contributed by atoms with van der Waals surface area (Å²) in [7, 11) is 0.219. The Bertz CT molecular complexity index is 1130. The zero-order valence-corrected chi connectivity index (χ0v) is 17.3. The molecule has 28 heavy (non-hydrogen) atoms. The van der Waals surface area contributed by atoms with Gasteiger partial charge >= 0.3 is 0 Å². The molecular weight excluding hydrogens is 378 g/mol. The summed E-state index contributed by atoms with van der Waals surface area (Å²) in [4.78, 5) is 18.8. The van der Waals surface area contributed by atoms with Crippen molar-refractivity contribution < 1.29 is 13.2 Å². The molecule has 0 unspecified atom stereocenters. The van der Waals surface area contributed by atoms with Crippen molar-refractivity contribution in [2.45, 2.75) is 19.9 Å². The molecule has 0 radical (unpaired) electrons. The molecule has 3 rings (SSSR count). The molecule has 0 spiro atoms. The van der Waals surface area contributed by atoms with Gasteiger partial charge in [-0.3, -0.25) is 4.79 Å². The van der Waals surface area contributed by atoms with E-state index in [1.807, 2.05) is 61.8 Å². The summed E-state index contributed by atoms with van der Waals surface area (Å²) in [5, 5.41) is 5.19. The fourth-order valence-electron chi connectivity index (χ4n) is 2.91. The first kappa shape index (κ1) is 19.8. The van der Waals surface area contributed by atoms with Crippen molar-refractivity contribution in [2.75, 3.05) is 25.3 Å². The van der Waals surface area contributed by atoms with Gasteiger partial charge in [-0.05, 0) is 43.2 Å². The highest BCUT2D eigenvalue weighted by molar-refractivity contribution is 7.89. The first-order valence-electron chi connectivity index (χ1n) is 8.75. The highest BCUT2D eigenvalue weighted by Gasteiger charge is 2.19. The smallest absolute Gasteiger partial charge is 0.283 e. The number of carbonyl (C=O) groups excluding carboxylic acids is 1. The average Bonchev–Trinajstić information content (AvgIpc) is 3.03. The predicted molar refractivity (Wildman–Crippen MR) is 110 cm³/mol. The van der Waals surface area contributed by atoms with Crippen molar-refractivity contribution in [2.24, 2.45) is 0 Å². The van der Waals surface area contributed by atoms with Gasteiger partial charge in [0.25, 0.3) is 5.91 Å². The third-order valence-corrected chi connectivity index (χ3v) is 4.82. The molecule has 0 aliphatic rings. The molecule has 1 N–H and O–H groups in total. The summed E-state index contributed by atoms with van der Waals surface area (Å²) >= 11 is 0. The first-order chi connectivity index (χ1) is 13.1. The van der Waals surface area contributed by atoms with E-state index in [2.05, 4.69) is 10.1 Å². The number of rotatable bonds is 5. The van der Waals surface area contributed by atoms with Crippen molar-refractivity contribution >= 4 is 32.7 Å². The Hall–Kier alpha value is -2.94. The van der Waals surface area contributed by atoms with Crippen LogP contribution in [0.2, 0.25) is 0 Å². The number of sulfonamides is 1. The minimum absolute atomic E-state index is 0.0204. The molecule has 0 saturated carbocycles. The van der Waals surface area contributed by atoms with Gasteiger partial charge < -0.3 is 4.90 Å². The van der Waals surface area contributed by atoms with Crippen LogP contribution < -0.4 is 9.62 Å². The van der Waals surface area contributed by atoms with E-state index in [1.165, 1.54) is 0 Å². The Morgan fingerprint density at radius 3 is 2.36 bits per heavy atom. The molecule has 0 saturated heterocycles. The predicted octanol–water partition coefficient (Wildman–Crippen LogP) is 2.43. The first-order valence-corrected chi connectivity index (χ1v) is 10.6. The van der Waals surface area contributed by atoms with Crippen LogP contribution >= 0.6 is 0 Å². The SMILES string of the molecule is CC(C)n1ncc2c(-c3ccc(N(C)C)cc3)cc(C(=O)NS(C)(=O)=O)nc21. The largest absolute Gasteiger partial charge is 0.378 e. The number of anilines is 1. The minimum Gasteiger partial charge on any atom is -0.378 e. The third kappa shape index (κ3) is 3.99. The molecule has 1 amide bonds. The van der Waals surface area contributed by atoms with Gasteiger partial charge in [-0.2, -0.15) is 5.10 Å². The van der Waals surface area contributed by atoms with Gasteiger partial charge in [0.1, 0.15) is 5.69 Å². The van der Waals surface area contributed by atoms with Crippen LogP contribution in [0.25, 0.3) is 22.2 Å². The monoisotopic (exact) mass is 401 g/mol. The summed E-state index contributed by atoms with van der Waals surface area (Å²) in [5.41, 5.74) is 3.24. The zero-order valence-electron chi connectivity index (χ0n) is 16.5. The van der Waals surface area contributed by atoms with Crippen LogP contribution in [0.15, 0.2) is 36.5 Å². The molecule has 0 fully saturated rings. The molecule has 9 heteroatoms. The Morgan fingerprint density at radius 1 is 1.18 bits per heavy atom. The van der Waals surface area contributed by atoms with Gasteiger partial charge in [-0.15, -0.1) is 0 Å². The fourth-order valence-corrected chi connectivity index (χ4v) is 3.35. The molecule has 0 aliphatic carbocycles. The van der Waals surface area contributed by atoms with Crippen molar-refractivity contribution in [1.82, 2.24) is 19.5 Å². The molecule has 8 nitrogen and oxygen atoms in total. The highest BCUT2D eigenvalue weighted by Crippen LogP contribution is 2.31. The van der Waals surface area contributed by atoms with E-state index in [0.717, 1.165) is 28.5 Å². The molecule has 2 heterocycles. The van der Waals surface area contributed by atoms with Crippen molar-refractivity contribution in [3.8, 4) is 11.1 Å². The number of pyridine rings is 1. The van der Waals surface area contributed by atoms with Gasteiger partial charge in [0.15, 0.2) is 5.65 Å². The summed E-state index contributed by atoms with van der Waals surface area (Å²) < 4.78 is 26.6. The van der Waals surface area contributed by atoms with Gasteiger partial charge in [0.2, 0.25) is 10.0 Å². The number of fused-ring (bicyclic) bond motifs is 1. The average molecular weight is 401 g/mol. The van der Waals surface area contributed by atoms with Crippen molar-refractivity contribution in [3.05, 3.63) is 42.2 Å². The maximum atomic E-state index is 12.4. The quantitative estimate of drug-likeness (QED) is 0.705. The number of amides is 1.